The Bertz CT molecular complexity index is 683. The molecule has 0 unspecified atom stereocenters. The van der Waals surface area contributed by atoms with Crippen molar-refractivity contribution in [3.05, 3.63) is 66.2 Å². The Kier molecular flexibility index (Phi) is 5.54. The number of rotatable bonds is 4. The Balaban J connectivity index is 1.48. The highest BCUT2D eigenvalue weighted by molar-refractivity contribution is 8.00. The molecule has 0 radical (unpaired) electrons. The molecule has 2 aromatic carbocycles. The van der Waals surface area contributed by atoms with Crippen LogP contribution in [0.2, 0.25) is 0 Å². The van der Waals surface area contributed by atoms with Crippen molar-refractivity contribution in [2.45, 2.75) is 4.90 Å². The summed E-state index contributed by atoms with van der Waals surface area (Å²) in [4.78, 5) is 29.5. The van der Waals surface area contributed by atoms with E-state index >= 15 is 0 Å². The summed E-state index contributed by atoms with van der Waals surface area (Å²) in [6.45, 7) is 2.39. The molecule has 0 spiro atoms. The number of carbonyl (C=O) groups is 2. The molecule has 5 heteroatoms. The van der Waals surface area contributed by atoms with Gasteiger partial charge in [-0.05, 0) is 24.3 Å². The van der Waals surface area contributed by atoms with Crippen molar-refractivity contribution in [2.75, 3.05) is 31.9 Å². The van der Waals surface area contributed by atoms with Gasteiger partial charge in [-0.25, -0.2) is 0 Å². The lowest BCUT2D eigenvalue weighted by Crippen LogP contribution is -2.51. The molecule has 1 heterocycles. The van der Waals surface area contributed by atoms with Crippen molar-refractivity contribution in [1.29, 1.82) is 0 Å². The minimum absolute atomic E-state index is 0.0429. The van der Waals surface area contributed by atoms with Gasteiger partial charge in [0.25, 0.3) is 5.91 Å². The highest BCUT2D eigenvalue weighted by atomic mass is 32.2. The summed E-state index contributed by atoms with van der Waals surface area (Å²) in [6, 6.07) is 19.2. The van der Waals surface area contributed by atoms with Gasteiger partial charge in [-0.1, -0.05) is 36.4 Å². The molecule has 3 rings (SSSR count). The summed E-state index contributed by atoms with van der Waals surface area (Å²) in [5.74, 6) is 0.619. The zero-order valence-corrected chi connectivity index (χ0v) is 14.2. The normalized spacial score (nSPS) is 14.5. The second kappa shape index (κ2) is 8.02. The standard InChI is InChI=1S/C19H20N2O2S/c22-18(15-24-17-9-5-2-6-10-17)20-11-13-21(14-12-20)19(23)16-7-3-1-4-8-16/h1-10H,11-15H2. The van der Waals surface area contributed by atoms with Crippen molar-refractivity contribution in [2.24, 2.45) is 0 Å². The molecule has 1 aliphatic heterocycles. The van der Waals surface area contributed by atoms with E-state index in [-0.39, 0.29) is 11.8 Å². The summed E-state index contributed by atoms with van der Waals surface area (Å²) < 4.78 is 0. The summed E-state index contributed by atoms with van der Waals surface area (Å²) in [7, 11) is 0. The number of hydrogen-bond acceptors (Lipinski definition) is 3. The lowest BCUT2D eigenvalue weighted by molar-refractivity contribution is -0.129. The Morgan fingerprint density at radius 1 is 0.792 bits per heavy atom. The molecule has 0 aromatic heterocycles. The first kappa shape index (κ1) is 16.6. The molecule has 2 aromatic rings. The third kappa shape index (κ3) is 4.17. The van der Waals surface area contributed by atoms with Crippen LogP contribution in [0.15, 0.2) is 65.6 Å². The molecule has 1 aliphatic rings. The van der Waals surface area contributed by atoms with Gasteiger partial charge in [0.15, 0.2) is 0 Å². The summed E-state index contributed by atoms with van der Waals surface area (Å²) in [6.07, 6.45) is 0. The average molecular weight is 340 g/mol. The molecule has 4 nitrogen and oxygen atoms in total. The highest BCUT2D eigenvalue weighted by Gasteiger charge is 2.24. The van der Waals surface area contributed by atoms with Crippen molar-refractivity contribution in [3.63, 3.8) is 0 Å². The number of amides is 2. The fourth-order valence-electron chi connectivity index (χ4n) is 2.68. The van der Waals surface area contributed by atoms with Crippen LogP contribution in [0, 0.1) is 0 Å². The number of piperazine rings is 1. The quantitative estimate of drug-likeness (QED) is 0.804. The number of benzene rings is 2. The second-order valence-electron chi connectivity index (χ2n) is 5.64. The van der Waals surface area contributed by atoms with Crippen LogP contribution in [0.4, 0.5) is 0 Å². The number of nitrogens with zero attached hydrogens (tertiary/aromatic N) is 2. The van der Waals surface area contributed by atoms with E-state index in [1.165, 1.54) is 0 Å². The summed E-state index contributed by atoms with van der Waals surface area (Å²) in [5, 5.41) is 0. The monoisotopic (exact) mass is 340 g/mol. The third-order valence-corrected chi connectivity index (χ3v) is 5.04. The van der Waals surface area contributed by atoms with Gasteiger partial charge < -0.3 is 9.80 Å². The van der Waals surface area contributed by atoms with E-state index in [1.807, 2.05) is 70.5 Å². The van der Waals surface area contributed by atoms with Crippen LogP contribution < -0.4 is 0 Å². The fraction of sp³-hybridized carbons (Fsp3) is 0.263. The maximum absolute atomic E-state index is 12.4. The fourth-order valence-corrected chi connectivity index (χ4v) is 3.50. The van der Waals surface area contributed by atoms with Crippen molar-refractivity contribution >= 4 is 23.6 Å². The van der Waals surface area contributed by atoms with Crippen LogP contribution in [-0.4, -0.2) is 53.5 Å². The molecule has 2 amide bonds. The van der Waals surface area contributed by atoms with Crippen LogP contribution >= 0.6 is 11.8 Å². The minimum Gasteiger partial charge on any atom is -0.338 e. The van der Waals surface area contributed by atoms with Crippen LogP contribution in [0.25, 0.3) is 0 Å². The summed E-state index contributed by atoms with van der Waals surface area (Å²) >= 11 is 1.55. The topological polar surface area (TPSA) is 40.6 Å². The molecule has 0 saturated carbocycles. The average Bonchev–Trinajstić information content (AvgIpc) is 2.67. The largest absolute Gasteiger partial charge is 0.338 e. The highest BCUT2D eigenvalue weighted by Crippen LogP contribution is 2.18. The van der Waals surface area contributed by atoms with E-state index in [0.717, 1.165) is 4.90 Å². The van der Waals surface area contributed by atoms with Crippen LogP contribution in [0.3, 0.4) is 0 Å². The Morgan fingerprint density at radius 2 is 1.33 bits per heavy atom. The van der Waals surface area contributed by atoms with Gasteiger partial charge in [-0.2, -0.15) is 0 Å². The molecule has 124 valence electrons. The maximum Gasteiger partial charge on any atom is 0.253 e. The van der Waals surface area contributed by atoms with Gasteiger partial charge in [-0.15, -0.1) is 11.8 Å². The van der Waals surface area contributed by atoms with E-state index in [9.17, 15) is 9.59 Å². The molecule has 1 fully saturated rings. The lowest BCUT2D eigenvalue weighted by atomic mass is 10.2. The molecule has 0 atom stereocenters. The molecular formula is C19H20N2O2S. The van der Waals surface area contributed by atoms with E-state index in [1.54, 1.807) is 11.8 Å². The van der Waals surface area contributed by atoms with E-state index in [0.29, 0.717) is 37.5 Å². The van der Waals surface area contributed by atoms with Crippen molar-refractivity contribution in [3.8, 4) is 0 Å². The zero-order chi connectivity index (χ0) is 16.8. The first-order valence-electron chi connectivity index (χ1n) is 8.04. The van der Waals surface area contributed by atoms with Crippen molar-refractivity contribution in [1.82, 2.24) is 9.80 Å². The maximum atomic E-state index is 12.4. The predicted octanol–water partition coefficient (Wildman–Crippen LogP) is 2.76. The number of hydrogen-bond donors (Lipinski definition) is 0. The second-order valence-corrected chi connectivity index (χ2v) is 6.69. The minimum atomic E-state index is 0.0429. The Morgan fingerprint density at radius 3 is 1.96 bits per heavy atom. The van der Waals surface area contributed by atoms with E-state index in [4.69, 9.17) is 0 Å². The van der Waals surface area contributed by atoms with Crippen molar-refractivity contribution < 1.29 is 9.59 Å². The first-order valence-corrected chi connectivity index (χ1v) is 9.02. The molecular weight excluding hydrogens is 320 g/mol. The molecule has 0 aliphatic carbocycles. The van der Waals surface area contributed by atoms with Crippen LogP contribution in [0.5, 0.6) is 0 Å². The van der Waals surface area contributed by atoms with Gasteiger partial charge >= 0.3 is 0 Å². The zero-order valence-electron chi connectivity index (χ0n) is 13.4. The Hall–Kier alpha value is -2.27. The smallest absolute Gasteiger partial charge is 0.253 e. The molecule has 24 heavy (non-hydrogen) atoms. The van der Waals surface area contributed by atoms with Gasteiger partial charge in [0.05, 0.1) is 5.75 Å². The SMILES string of the molecule is O=C(CSc1ccccc1)N1CCN(C(=O)c2ccccc2)CC1. The van der Waals surface area contributed by atoms with Gasteiger partial charge in [-0.3, -0.25) is 9.59 Å². The van der Waals surface area contributed by atoms with Crippen LogP contribution in [-0.2, 0) is 4.79 Å². The molecule has 0 N–H and O–H groups in total. The van der Waals surface area contributed by atoms with E-state index in [2.05, 4.69) is 0 Å². The molecule has 1 saturated heterocycles. The van der Waals surface area contributed by atoms with Crippen LogP contribution in [0.1, 0.15) is 10.4 Å². The Labute approximate surface area is 146 Å². The van der Waals surface area contributed by atoms with E-state index < -0.39 is 0 Å². The van der Waals surface area contributed by atoms with Gasteiger partial charge in [0, 0.05) is 36.6 Å². The number of carbonyl (C=O) groups excluding carboxylic acids is 2. The summed E-state index contributed by atoms with van der Waals surface area (Å²) in [5.41, 5.74) is 0.705. The van der Waals surface area contributed by atoms with Gasteiger partial charge in [0.1, 0.15) is 0 Å². The predicted molar refractivity (Wildman–Crippen MR) is 96.1 cm³/mol. The van der Waals surface area contributed by atoms with Gasteiger partial charge in [0.2, 0.25) is 5.91 Å². The lowest BCUT2D eigenvalue weighted by Gasteiger charge is -2.34. The third-order valence-electron chi connectivity index (χ3n) is 4.05. The first-order chi connectivity index (χ1) is 11.7. The molecule has 0 bridgehead atoms. The number of thioether (sulfide) groups is 1.